The third-order valence-corrected chi connectivity index (χ3v) is 4.24. The number of piperidine rings is 1. The summed E-state index contributed by atoms with van der Waals surface area (Å²) in [5.74, 6) is 0.504. The van der Waals surface area contributed by atoms with Gasteiger partial charge < -0.3 is 0 Å². The average Bonchev–Trinajstić information content (AvgIpc) is 2.40. The topological polar surface area (TPSA) is 20.3 Å². The number of carbonyl (C=O) groups is 1. The van der Waals surface area contributed by atoms with Crippen LogP contribution in [0, 0.1) is 0 Å². The van der Waals surface area contributed by atoms with Crippen LogP contribution in [0.25, 0.3) is 0 Å². The molecule has 0 saturated carbocycles. The lowest BCUT2D eigenvalue weighted by molar-refractivity contribution is 0.101. The highest BCUT2D eigenvalue weighted by Gasteiger charge is 2.23. The Morgan fingerprint density at radius 2 is 2.16 bits per heavy atom. The molecule has 1 aromatic carbocycles. The van der Waals surface area contributed by atoms with E-state index in [1.807, 2.05) is 12.1 Å². The van der Waals surface area contributed by atoms with Gasteiger partial charge in [-0.15, -0.1) is 6.58 Å². The monoisotopic (exact) mass is 277 g/mol. The standard InChI is InChI=1S/C16H20ClNO/c1-3-9-18-10-7-13(8-11-18)15-6-4-5-14(12(2)19)16(15)17/h3-6,13H,1,7-11H2,2H3. The Labute approximate surface area is 120 Å². The van der Waals surface area contributed by atoms with Crippen molar-refractivity contribution in [3.63, 3.8) is 0 Å². The van der Waals surface area contributed by atoms with Gasteiger partial charge in [0.05, 0.1) is 5.02 Å². The zero-order valence-electron chi connectivity index (χ0n) is 11.4. The molecule has 1 heterocycles. The Hall–Kier alpha value is -1.12. The van der Waals surface area contributed by atoms with E-state index in [9.17, 15) is 4.79 Å². The number of rotatable bonds is 4. The van der Waals surface area contributed by atoms with E-state index in [0.717, 1.165) is 38.0 Å². The number of likely N-dealkylation sites (tertiary alicyclic amines) is 1. The summed E-state index contributed by atoms with van der Waals surface area (Å²) >= 11 is 6.38. The highest BCUT2D eigenvalue weighted by molar-refractivity contribution is 6.34. The summed E-state index contributed by atoms with van der Waals surface area (Å²) in [6.45, 7) is 8.43. The molecule has 0 spiro atoms. The zero-order valence-corrected chi connectivity index (χ0v) is 12.1. The summed E-state index contributed by atoms with van der Waals surface area (Å²) in [6, 6.07) is 5.80. The van der Waals surface area contributed by atoms with E-state index in [-0.39, 0.29) is 5.78 Å². The number of halogens is 1. The van der Waals surface area contributed by atoms with Crippen LogP contribution < -0.4 is 0 Å². The number of hydrogen-bond donors (Lipinski definition) is 0. The van der Waals surface area contributed by atoms with Crippen molar-refractivity contribution in [2.24, 2.45) is 0 Å². The minimum absolute atomic E-state index is 0.0379. The smallest absolute Gasteiger partial charge is 0.161 e. The van der Waals surface area contributed by atoms with Crippen LogP contribution in [0.5, 0.6) is 0 Å². The van der Waals surface area contributed by atoms with Gasteiger partial charge in [0.25, 0.3) is 0 Å². The Morgan fingerprint density at radius 1 is 1.47 bits per heavy atom. The molecule has 0 aliphatic carbocycles. The van der Waals surface area contributed by atoms with Crippen molar-refractivity contribution in [2.45, 2.75) is 25.7 Å². The Kier molecular flexibility index (Phi) is 4.78. The van der Waals surface area contributed by atoms with Crippen molar-refractivity contribution < 1.29 is 4.79 Å². The quantitative estimate of drug-likeness (QED) is 0.614. The van der Waals surface area contributed by atoms with Crippen molar-refractivity contribution in [1.82, 2.24) is 4.90 Å². The second-order valence-corrected chi connectivity index (χ2v) is 5.51. The Balaban J connectivity index is 2.13. The summed E-state index contributed by atoms with van der Waals surface area (Å²) in [5, 5.41) is 0.650. The van der Waals surface area contributed by atoms with Crippen LogP contribution in [0.2, 0.25) is 5.02 Å². The van der Waals surface area contributed by atoms with E-state index in [1.54, 1.807) is 13.0 Å². The van der Waals surface area contributed by atoms with Crippen LogP contribution in [0.3, 0.4) is 0 Å². The number of benzene rings is 1. The molecule has 0 bridgehead atoms. The minimum atomic E-state index is 0.0379. The van der Waals surface area contributed by atoms with Crippen molar-refractivity contribution in [2.75, 3.05) is 19.6 Å². The predicted molar refractivity (Wildman–Crippen MR) is 80.1 cm³/mol. The lowest BCUT2D eigenvalue weighted by atomic mass is 9.88. The van der Waals surface area contributed by atoms with Crippen LogP contribution in [-0.2, 0) is 0 Å². The minimum Gasteiger partial charge on any atom is -0.300 e. The summed E-state index contributed by atoms with van der Waals surface area (Å²) in [6.07, 6.45) is 4.13. The molecular weight excluding hydrogens is 258 g/mol. The van der Waals surface area contributed by atoms with Gasteiger partial charge in [-0.2, -0.15) is 0 Å². The second-order valence-electron chi connectivity index (χ2n) is 5.13. The van der Waals surface area contributed by atoms with Gasteiger partial charge in [-0.25, -0.2) is 0 Å². The van der Waals surface area contributed by atoms with Gasteiger partial charge in [-0.05, 0) is 50.4 Å². The molecule has 0 N–H and O–H groups in total. The fourth-order valence-corrected chi connectivity index (χ4v) is 3.16. The molecule has 0 amide bonds. The number of nitrogens with zero attached hydrogens (tertiary/aromatic N) is 1. The molecule has 1 aliphatic rings. The van der Waals surface area contributed by atoms with Gasteiger partial charge in [-0.3, -0.25) is 9.69 Å². The first kappa shape index (κ1) is 14.3. The molecule has 1 aliphatic heterocycles. The summed E-state index contributed by atoms with van der Waals surface area (Å²) < 4.78 is 0. The highest BCUT2D eigenvalue weighted by atomic mass is 35.5. The average molecular weight is 278 g/mol. The third kappa shape index (κ3) is 3.26. The second kappa shape index (κ2) is 6.36. The number of hydrogen-bond acceptors (Lipinski definition) is 2. The summed E-state index contributed by atoms with van der Waals surface area (Å²) in [5.41, 5.74) is 1.78. The molecular formula is C16H20ClNO. The number of Topliss-reactive ketones (excluding diaryl/α,β-unsaturated/α-hetero) is 1. The van der Waals surface area contributed by atoms with Gasteiger partial charge >= 0.3 is 0 Å². The van der Waals surface area contributed by atoms with E-state index in [4.69, 9.17) is 11.6 Å². The van der Waals surface area contributed by atoms with Crippen LogP contribution in [0.4, 0.5) is 0 Å². The van der Waals surface area contributed by atoms with E-state index < -0.39 is 0 Å². The van der Waals surface area contributed by atoms with Crippen LogP contribution in [0.15, 0.2) is 30.9 Å². The van der Waals surface area contributed by atoms with Crippen molar-refractivity contribution >= 4 is 17.4 Å². The summed E-state index contributed by atoms with van der Waals surface area (Å²) in [4.78, 5) is 13.9. The maximum Gasteiger partial charge on any atom is 0.161 e. The molecule has 19 heavy (non-hydrogen) atoms. The first-order valence-corrected chi connectivity index (χ1v) is 7.14. The molecule has 1 aromatic rings. The lowest BCUT2D eigenvalue weighted by Crippen LogP contribution is -2.33. The van der Waals surface area contributed by atoms with Crippen molar-refractivity contribution in [1.29, 1.82) is 0 Å². The van der Waals surface area contributed by atoms with E-state index in [2.05, 4.69) is 17.5 Å². The molecule has 0 atom stereocenters. The molecule has 2 rings (SSSR count). The van der Waals surface area contributed by atoms with Crippen molar-refractivity contribution in [3.8, 4) is 0 Å². The molecule has 0 radical (unpaired) electrons. The van der Waals surface area contributed by atoms with Gasteiger partial charge in [0.1, 0.15) is 0 Å². The highest BCUT2D eigenvalue weighted by Crippen LogP contribution is 2.34. The van der Waals surface area contributed by atoms with Crippen LogP contribution in [0.1, 0.15) is 41.6 Å². The largest absolute Gasteiger partial charge is 0.300 e. The first-order chi connectivity index (χ1) is 9.13. The molecule has 3 heteroatoms. The molecule has 1 fully saturated rings. The molecule has 0 unspecified atom stereocenters. The van der Waals surface area contributed by atoms with Gasteiger partial charge in [0, 0.05) is 12.1 Å². The normalized spacial score (nSPS) is 17.4. The number of ketones is 1. The van der Waals surface area contributed by atoms with E-state index in [0.29, 0.717) is 16.5 Å². The SMILES string of the molecule is C=CCN1CCC(c2cccc(C(C)=O)c2Cl)CC1. The molecule has 1 saturated heterocycles. The van der Waals surface area contributed by atoms with E-state index >= 15 is 0 Å². The molecule has 102 valence electrons. The third-order valence-electron chi connectivity index (χ3n) is 3.82. The van der Waals surface area contributed by atoms with Crippen LogP contribution >= 0.6 is 11.6 Å². The predicted octanol–water partition coefficient (Wildman–Crippen LogP) is 3.91. The first-order valence-electron chi connectivity index (χ1n) is 6.76. The fraction of sp³-hybridized carbons (Fsp3) is 0.438. The molecule has 0 aromatic heterocycles. The zero-order chi connectivity index (χ0) is 13.8. The lowest BCUT2D eigenvalue weighted by Gasteiger charge is -2.32. The van der Waals surface area contributed by atoms with E-state index in [1.165, 1.54) is 0 Å². The van der Waals surface area contributed by atoms with Gasteiger partial charge in [0.2, 0.25) is 0 Å². The van der Waals surface area contributed by atoms with Crippen LogP contribution in [-0.4, -0.2) is 30.3 Å². The molecule has 2 nitrogen and oxygen atoms in total. The number of carbonyl (C=O) groups excluding carboxylic acids is 1. The Bertz CT molecular complexity index is 476. The fourth-order valence-electron chi connectivity index (χ4n) is 2.75. The maximum atomic E-state index is 11.5. The summed E-state index contributed by atoms with van der Waals surface area (Å²) in [7, 11) is 0. The Morgan fingerprint density at radius 3 is 2.74 bits per heavy atom. The maximum absolute atomic E-state index is 11.5. The van der Waals surface area contributed by atoms with Gasteiger partial charge in [-0.1, -0.05) is 29.8 Å². The van der Waals surface area contributed by atoms with Crippen molar-refractivity contribution in [3.05, 3.63) is 47.0 Å². The van der Waals surface area contributed by atoms with Gasteiger partial charge in [0.15, 0.2) is 5.78 Å².